The Morgan fingerprint density at radius 1 is 1.19 bits per heavy atom. The first-order valence-corrected chi connectivity index (χ1v) is 5.96. The van der Waals surface area contributed by atoms with Crippen LogP contribution in [0.5, 0.6) is 5.88 Å². The van der Waals surface area contributed by atoms with E-state index in [0.29, 0.717) is 23.6 Å². The lowest BCUT2D eigenvalue weighted by Crippen LogP contribution is -2.09. The molecule has 1 heterocycles. The molecule has 0 aliphatic carbocycles. The average molecular weight is 243 g/mol. The van der Waals surface area contributed by atoms with Gasteiger partial charge < -0.3 is 4.74 Å². The first kappa shape index (κ1) is 13.2. The fourth-order valence-electron chi connectivity index (χ4n) is 1.13. The molecule has 4 heteroatoms. The summed E-state index contributed by atoms with van der Waals surface area (Å²) >= 11 is 6.05. The van der Waals surface area contributed by atoms with Crippen LogP contribution in [0.1, 0.15) is 45.0 Å². The fraction of sp³-hybridized carbons (Fsp3) is 0.667. The normalized spacial score (nSPS) is 11.2. The van der Waals surface area contributed by atoms with E-state index in [9.17, 15) is 0 Å². The number of hydrogen-bond acceptors (Lipinski definition) is 3. The predicted octanol–water partition coefficient (Wildman–Crippen LogP) is 3.60. The van der Waals surface area contributed by atoms with Crippen LogP contribution in [0, 0.1) is 12.8 Å². The van der Waals surface area contributed by atoms with E-state index in [1.807, 2.05) is 20.8 Å². The Morgan fingerprint density at radius 2 is 1.81 bits per heavy atom. The van der Waals surface area contributed by atoms with Gasteiger partial charge in [0.1, 0.15) is 11.0 Å². The molecule has 0 atom stereocenters. The molecule has 0 N–H and O–H groups in total. The first-order valence-electron chi connectivity index (χ1n) is 5.58. The summed E-state index contributed by atoms with van der Waals surface area (Å²) < 4.78 is 5.63. The van der Waals surface area contributed by atoms with Crippen LogP contribution in [0.15, 0.2) is 0 Å². The molecule has 0 aromatic carbocycles. The van der Waals surface area contributed by atoms with Crippen molar-refractivity contribution in [2.24, 2.45) is 5.92 Å². The van der Waals surface area contributed by atoms with E-state index in [4.69, 9.17) is 16.3 Å². The van der Waals surface area contributed by atoms with Gasteiger partial charge in [0.05, 0.1) is 6.61 Å². The maximum Gasteiger partial charge on any atom is 0.221 e. The van der Waals surface area contributed by atoms with Crippen LogP contribution in [0.3, 0.4) is 0 Å². The van der Waals surface area contributed by atoms with Crippen LogP contribution in [-0.2, 0) is 0 Å². The van der Waals surface area contributed by atoms with Crippen molar-refractivity contribution in [2.45, 2.75) is 40.5 Å². The Balaban J connectivity index is 2.97. The molecule has 0 saturated carbocycles. The van der Waals surface area contributed by atoms with Gasteiger partial charge in [0.15, 0.2) is 0 Å². The van der Waals surface area contributed by atoms with E-state index in [2.05, 4.69) is 23.8 Å². The maximum atomic E-state index is 6.05. The molecular formula is C12H19ClN2O. The van der Waals surface area contributed by atoms with Gasteiger partial charge in [-0.05, 0) is 12.8 Å². The fourth-order valence-corrected chi connectivity index (χ4v) is 1.30. The second kappa shape index (κ2) is 5.48. The lowest BCUT2D eigenvalue weighted by molar-refractivity contribution is 0.258. The van der Waals surface area contributed by atoms with E-state index in [1.165, 1.54) is 0 Å². The number of ether oxygens (including phenoxy) is 1. The van der Waals surface area contributed by atoms with Gasteiger partial charge in [-0.2, -0.15) is 4.98 Å². The van der Waals surface area contributed by atoms with Crippen LogP contribution in [0.4, 0.5) is 0 Å². The highest BCUT2D eigenvalue weighted by Crippen LogP contribution is 2.24. The lowest BCUT2D eigenvalue weighted by atomic mass is 10.2. The molecule has 0 bridgehead atoms. The Bertz CT molecular complexity index is 364. The molecule has 90 valence electrons. The summed E-state index contributed by atoms with van der Waals surface area (Å²) in [5.74, 6) is 2.06. The van der Waals surface area contributed by atoms with E-state index in [0.717, 1.165) is 11.4 Å². The minimum atomic E-state index is 0.250. The van der Waals surface area contributed by atoms with Crippen molar-refractivity contribution in [1.82, 2.24) is 9.97 Å². The highest BCUT2D eigenvalue weighted by Gasteiger charge is 2.13. The number of nitrogens with zero attached hydrogens (tertiary/aromatic N) is 2. The van der Waals surface area contributed by atoms with Crippen LogP contribution in [0.2, 0.25) is 5.15 Å². The zero-order valence-electron chi connectivity index (χ0n) is 10.5. The minimum Gasteiger partial charge on any atom is -0.477 e. The topological polar surface area (TPSA) is 35.0 Å². The van der Waals surface area contributed by atoms with Crippen molar-refractivity contribution in [1.29, 1.82) is 0 Å². The quantitative estimate of drug-likeness (QED) is 0.757. The molecule has 3 nitrogen and oxygen atoms in total. The molecule has 0 aliphatic heterocycles. The molecule has 0 fully saturated rings. The smallest absolute Gasteiger partial charge is 0.221 e. The lowest BCUT2D eigenvalue weighted by Gasteiger charge is -2.13. The van der Waals surface area contributed by atoms with Crippen molar-refractivity contribution in [3.8, 4) is 5.88 Å². The zero-order chi connectivity index (χ0) is 12.3. The van der Waals surface area contributed by atoms with Crippen molar-refractivity contribution < 1.29 is 4.74 Å². The minimum absolute atomic E-state index is 0.250. The third-order valence-electron chi connectivity index (χ3n) is 2.13. The summed E-state index contributed by atoms with van der Waals surface area (Å²) in [4.78, 5) is 8.62. The number of hydrogen-bond donors (Lipinski definition) is 0. The van der Waals surface area contributed by atoms with E-state index < -0.39 is 0 Å². The molecule has 0 spiro atoms. The summed E-state index contributed by atoms with van der Waals surface area (Å²) in [7, 11) is 0. The van der Waals surface area contributed by atoms with Gasteiger partial charge >= 0.3 is 0 Å². The van der Waals surface area contributed by atoms with Crippen LogP contribution >= 0.6 is 11.6 Å². The standard InChI is InChI=1S/C12H19ClN2O/c1-7(2)6-16-12-9(5)10(13)14-11(15-12)8(3)4/h7-8H,6H2,1-5H3. The largest absolute Gasteiger partial charge is 0.477 e. The Labute approximate surface area is 102 Å². The van der Waals surface area contributed by atoms with E-state index in [-0.39, 0.29) is 5.92 Å². The van der Waals surface area contributed by atoms with Gasteiger partial charge in [0.2, 0.25) is 5.88 Å². The van der Waals surface area contributed by atoms with Crippen LogP contribution in [-0.4, -0.2) is 16.6 Å². The SMILES string of the molecule is Cc1c(Cl)nc(C(C)C)nc1OCC(C)C. The average Bonchev–Trinajstić information content (AvgIpc) is 2.19. The van der Waals surface area contributed by atoms with E-state index >= 15 is 0 Å². The second-order valence-electron chi connectivity index (χ2n) is 4.66. The monoisotopic (exact) mass is 242 g/mol. The molecule has 0 unspecified atom stereocenters. The van der Waals surface area contributed by atoms with Crippen molar-refractivity contribution >= 4 is 11.6 Å². The molecule has 1 rings (SSSR count). The van der Waals surface area contributed by atoms with Gasteiger partial charge in [0.25, 0.3) is 0 Å². The van der Waals surface area contributed by atoms with Gasteiger partial charge in [-0.15, -0.1) is 0 Å². The number of halogens is 1. The Kier molecular flexibility index (Phi) is 4.54. The summed E-state index contributed by atoms with van der Waals surface area (Å²) in [5.41, 5.74) is 0.812. The zero-order valence-corrected chi connectivity index (χ0v) is 11.3. The molecule has 0 saturated heterocycles. The third kappa shape index (κ3) is 3.34. The summed E-state index contributed by atoms with van der Waals surface area (Å²) in [5, 5.41) is 0.484. The predicted molar refractivity (Wildman–Crippen MR) is 66.2 cm³/mol. The molecule has 0 amide bonds. The summed E-state index contributed by atoms with van der Waals surface area (Å²) in [6.45, 7) is 10.8. The number of rotatable bonds is 4. The number of aromatic nitrogens is 2. The van der Waals surface area contributed by atoms with Crippen molar-refractivity contribution in [3.63, 3.8) is 0 Å². The molecular weight excluding hydrogens is 224 g/mol. The molecule has 1 aromatic rings. The van der Waals surface area contributed by atoms with E-state index in [1.54, 1.807) is 0 Å². The molecule has 1 aromatic heterocycles. The summed E-state index contributed by atoms with van der Waals surface area (Å²) in [6.07, 6.45) is 0. The van der Waals surface area contributed by atoms with Crippen LogP contribution < -0.4 is 4.74 Å². The highest BCUT2D eigenvalue weighted by atomic mass is 35.5. The van der Waals surface area contributed by atoms with Crippen molar-refractivity contribution in [2.75, 3.05) is 6.61 Å². The Hall–Kier alpha value is -0.830. The summed E-state index contributed by atoms with van der Waals surface area (Å²) in [6, 6.07) is 0. The second-order valence-corrected chi connectivity index (χ2v) is 5.02. The Morgan fingerprint density at radius 3 is 2.31 bits per heavy atom. The van der Waals surface area contributed by atoms with Crippen molar-refractivity contribution in [3.05, 3.63) is 16.5 Å². The van der Waals surface area contributed by atoms with Gasteiger partial charge in [-0.3, -0.25) is 0 Å². The molecule has 16 heavy (non-hydrogen) atoms. The first-order chi connectivity index (χ1) is 7.41. The maximum absolute atomic E-state index is 6.05. The molecule has 0 radical (unpaired) electrons. The third-order valence-corrected chi connectivity index (χ3v) is 2.50. The molecule has 0 aliphatic rings. The highest BCUT2D eigenvalue weighted by molar-refractivity contribution is 6.30. The van der Waals surface area contributed by atoms with Gasteiger partial charge in [-0.1, -0.05) is 39.3 Å². The van der Waals surface area contributed by atoms with Gasteiger partial charge in [-0.25, -0.2) is 4.98 Å². The van der Waals surface area contributed by atoms with Gasteiger partial charge in [0, 0.05) is 11.5 Å². The van der Waals surface area contributed by atoms with Crippen LogP contribution in [0.25, 0.3) is 0 Å².